The molecule has 1 unspecified atom stereocenters. The predicted molar refractivity (Wildman–Crippen MR) is 75.7 cm³/mol. The Morgan fingerprint density at radius 3 is 3.00 bits per heavy atom. The van der Waals surface area contributed by atoms with Crippen LogP contribution < -0.4 is 5.73 Å². The van der Waals surface area contributed by atoms with Crippen LogP contribution in [0.2, 0.25) is 0 Å². The number of para-hydroxylation sites is 1. The second-order valence-corrected chi connectivity index (χ2v) is 5.71. The molecular weight excluding hydrogens is 222 g/mol. The average Bonchev–Trinajstić information content (AvgIpc) is 2.92. The molecule has 96 valence electrons. The maximum atomic E-state index is 6.46. The molecule has 3 N–H and O–H groups in total. The van der Waals surface area contributed by atoms with Crippen LogP contribution in [0.3, 0.4) is 0 Å². The van der Waals surface area contributed by atoms with Crippen molar-refractivity contribution in [2.24, 2.45) is 5.73 Å². The fourth-order valence-electron chi connectivity index (χ4n) is 3.04. The van der Waals surface area contributed by atoms with Gasteiger partial charge in [0.15, 0.2) is 0 Å². The number of likely N-dealkylation sites (tertiary alicyclic amines) is 1. The minimum Gasteiger partial charge on any atom is -0.361 e. The van der Waals surface area contributed by atoms with Gasteiger partial charge in [-0.05, 0) is 44.5 Å². The number of nitrogens with zero attached hydrogens (tertiary/aromatic N) is 1. The fourth-order valence-corrected chi connectivity index (χ4v) is 3.04. The maximum Gasteiger partial charge on any atom is 0.0456 e. The SMILES string of the molecule is CN1CCC(N)(CCc2c[nH]c3ccccc23)C1. The Hall–Kier alpha value is -1.32. The first kappa shape index (κ1) is 11.8. The number of aryl methyl sites for hydroxylation is 1. The Bertz CT molecular complexity index is 545. The van der Waals surface area contributed by atoms with Crippen molar-refractivity contribution < 1.29 is 0 Å². The van der Waals surface area contributed by atoms with Crippen LogP contribution in [0.25, 0.3) is 10.9 Å². The summed E-state index contributed by atoms with van der Waals surface area (Å²) in [5.41, 5.74) is 9.08. The standard InChI is InChI=1S/C15H21N3/c1-18-9-8-15(16,11-18)7-6-12-10-17-14-5-3-2-4-13(12)14/h2-5,10,17H,6-9,11,16H2,1H3. The van der Waals surface area contributed by atoms with E-state index in [1.807, 2.05) is 0 Å². The summed E-state index contributed by atoms with van der Waals surface area (Å²) in [4.78, 5) is 5.66. The molecule has 1 aliphatic rings. The minimum absolute atomic E-state index is 0.00707. The Morgan fingerprint density at radius 2 is 2.22 bits per heavy atom. The summed E-state index contributed by atoms with van der Waals surface area (Å²) in [7, 11) is 2.15. The molecule has 1 aliphatic heterocycles. The second-order valence-electron chi connectivity index (χ2n) is 5.71. The van der Waals surface area contributed by atoms with Crippen molar-refractivity contribution in [1.82, 2.24) is 9.88 Å². The molecule has 0 radical (unpaired) electrons. The van der Waals surface area contributed by atoms with E-state index >= 15 is 0 Å². The second kappa shape index (κ2) is 4.41. The van der Waals surface area contributed by atoms with Crippen LogP contribution in [-0.2, 0) is 6.42 Å². The molecule has 2 aromatic rings. The summed E-state index contributed by atoms with van der Waals surface area (Å²) in [6, 6.07) is 8.48. The Kier molecular flexibility index (Phi) is 2.88. The van der Waals surface area contributed by atoms with E-state index in [2.05, 4.69) is 47.4 Å². The van der Waals surface area contributed by atoms with Gasteiger partial charge in [0.05, 0.1) is 0 Å². The van der Waals surface area contributed by atoms with Crippen molar-refractivity contribution in [3.8, 4) is 0 Å². The van der Waals surface area contributed by atoms with Gasteiger partial charge >= 0.3 is 0 Å². The van der Waals surface area contributed by atoms with E-state index in [0.29, 0.717) is 0 Å². The van der Waals surface area contributed by atoms with Crippen molar-refractivity contribution >= 4 is 10.9 Å². The van der Waals surface area contributed by atoms with Crippen molar-refractivity contribution in [3.63, 3.8) is 0 Å². The van der Waals surface area contributed by atoms with Gasteiger partial charge in [-0.1, -0.05) is 18.2 Å². The van der Waals surface area contributed by atoms with Gasteiger partial charge in [-0.3, -0.25) is 0 Å². The van der Waals surface area contributed by atoms with Crippen LogP contribution in [-0.4, -0.2) is 35.6 Å². The van der Waals surface area contributed by atoms with Crippen LogP contribution in [0.4, 0.5) is 0 Å². The molecule has 3 nitrogen and oxygen atoms in total. The highest BCUT2D eigenvalue weighted by Crippen LogP contribution is 2.25. The summed E-state index contributed by atoms with van der Waals surface area (Å²) < 4.78 is 0. The van der Waals surface area contributed by atoms with Gasteiger partial charge in [-0.2, -0.15) is 0 Å². The lowest BCUT2D eigenvalue weighted by atomic mass is 9.91. The van der Waals surface area contributed by atoms with Gasteiger partial charge in [-0.25, -0.2) is 0 Å². The van der Waals surface area contributed by atoms with Gasteiger partial charge in [0.25, 0.3) is 0 Å². The first-order valence-corrected chi connectivity index (χ1v) is 6.69. The van der Waals surface area contributed by atoms with Crippen LogP contribution in [0.5, 0.6) is 0 Å². The minimum atomic E-state index is 0.00707. The quantitative estimate of drug-likeness (QED) is 0.867. The van der Waals surface area contributed by atoms with Crippen molar-refractivity contribution in [1.29, 1.82) is 0 Å². The number of likely N-dealkylation sites (N-methyl/N-ethyl adjacent to an activating group) is 1. The number of hydrogen-bond donors (Lipinski definition) is 2. The third-order valence-electron chi connectivity index (χ3n) is 4.14. The Labute approximate surface area is 108 Å². The lowest BCUT2D eigenvalue weighted by Gasteiger charge is -2.23. The van der Waals surface area contributed by atoms with Gasteiger partial charge < -0.3 is 15.6 Å². The average molecular weight is 243 g/mol. The first-order valence-electron chi connectivity index (χ1n) is 6.69. The molecular formula is C15H21N3. The summed E-state index contributed by atoms with van der Waals surface area (Å²) >= 11 is 0. The zero-order valence-corrected chi connectivity index (χ0v) is 10.9. The zero-order valence-electron chi connectivity index (χ0n) is 10.9. The van der Waals surface area contributed by atoms with Gasteiger partial charge in [0, 0.05) is 29.2 Å². The summed E-state index contributed by atoms with van der Waals surface area (Å²) in [6.07, 6.45) is 5.38. The van der Waals surface area contributed by atoms with Crippen LogP contribution in [0.15, 0.2) is 30.5 Å². The number of rotatable bonds is 3. The fraction of sp³-hybridized carbons (Fsp3) is 0.467. The third kappa shape index (κ3) is 2.16. The number of nitrogens with two attached hydrogens (primary N) is 1. The lowest BCUT2D eigenvalue weighted by Crippen LogP contribution is -2.42. The molecule has 1 atom stereocenters. The van der Waals surface area contributed by atoms with E-state index in [0.717, 1.165) is 32.4 Å². The molecule has 1 fully saturated rings. The number of H-pyrrole nitrogens is 1. The molecule has 2 heterocycles. The molecule has 18 heavy (non-hydrogen) atoms. The maximum absolute atomic E-state index is 6.46. The smallest absolute Gasteiger partial charge is 0.0456 e. The van der Waals surface area contributed by atoms with Crippen LogP contribution in [0.1, 0.15) is 18.4 Å². The van der Waals surface area contributed by atoms with Crippen molar-refractivity contribution in [2.75, 3.05) is 20.1 Å². The van der Waals surface area contributed by atoms with Crippen molar-refractivity contribution in [2.45, 2.75) is 24.8 Å². The third-order valence-corrected chi connectivity index (χ3v) is 4.14. The molecule has 1 aromatic heterocycles. The molecule has 0 spiro atoms. The van der Waals surface area contributed by atoms with E-state index in [9.17, 15) is 0 Å². The van der Waals surface area contributed by atoms with Gasteiger partial charge in [-0.15, -0.1) is 0 Å². The molecule has 0 aliphatic carbocycles. The number of benzene rings is 1. The monoisotopic (exact) mass is 243 g/mol. The normalized spacial score (nSPS) is 25.0. The van der Waals surface area contributed by atoms with Crippen LogP contribution >= 0.6 is 0 Å². The van der Waals surface area contributed by atoms with Crippen molar-refractivity contribution in [3.05, 3.63) is 36.0 Å². The Balaban J connectivity index is 1.73. The van der Waals surface area contributed by atoms with E-state index in [1.54, 1.807) is 0 Å². The molecule has 0 bridgehead atoms. The first-order chi connectivity index (χ1) is 8.66. The van der Waals surface area contributed by atoms with E-state index in [1.165, 1.54) is 16.5 Å². The largest absolute Gasteiger partial charge is 0.361 e. The number of nitrogens with one attached hydrogen (secondary N) is 1. The Morgan fingerprint density at radius 1 is 1.39 bits per heavy atom. The number of fused-ring (bicyclic) bond motifs is 1. The van der Waals surface area contributed by atoms with Crippen LogP contribution in [0, 0.1) is 0 Å². The highest BCUT2D eigenvalue weighted by Gasteiger charge is 2.32. The molecule has 0 saturated carbocycles. The number of aromatic amines is 1. The van der Waals surface area contributed by atoms with E-state index < -0.39 is 0 Å². The predicted octanol–water partition coefficient (Wildman–Crippen LogP) is 2.13. The van der Waals surface area contributed by atoms with Gasteiger partial charge in [0.1, 0.15) is 0 Å². The van der Waals surface area contributed by atoms with E-state index in [-0.39, 0.29) is 5.54 Å². The summed E-state index contributed by atoms with van der Waals surface area (Å²) in [5, 5.41) is 1.34. The lowest BCUT2D eigenvalue weighted by molar-refractivity contribution is 0.354. The highest BCUT2D eigenvalue weighted by atomic mass is 15.2. The molecule has 3 heteroatoms. The summed E-state index contributed by atoms with van der Waals surface area (Å²) in [5.74, 6) is 0. The highest BCUT2D eigenvalue weighted by molar-refractivity contribution is 5.83. The number of aromatic nitrogens is 1. The molecule has 1 saturated heterocycles. The van der Waals surface area contributed by atoms with Gasteiger partial charge in [0.2, 0.25) is 0 Å². The molecule has 3 rings (SSSR count). The van der Waals surface area contributed by atoms with E-state index in [4.69, 9.17) is 5.73 Å². The topological polar surface area (TPSA) is 45.0 Å². The number of hydrogen-bond acceptors (Lipinski definition) is 2. The summed E-state index contributed by atoms with van der Waals surface area (Å²) in [6.45, 7) is 2.15. The molecule has 0 amide bonds. The zero-order chi connectivity index (χ0) is 12.6. The molecule has 1 aromatic carbocycles.